The minimum atomic E-state index is -0.173. The molecule has 124 valence electrons. The molecule has 2 aromatic heterocycles. The SMILES string of the molecule is CCn1cc(C(=O)Nc2ccccc2-c2nc3ccccc3s2)cn1. The van der Waals surface area contributed by atoms with Crippen molar-refractivity contribution in [2.45, 2.75) is 13.5 Å². The molecule has 0 atom stereocenters. The Balaban J connectivity index is 1.68. The van der Waals surface area contributed by atoms with Crippen LogP contribution in [0.2, 0.25) is 0 Å². The van der Waals surface area contributed by atoms with Gasteiger partial charge in [-0.15, -0.1) is 11.3 Å². The van der Waals surface area contributed by atoms with Crippen LogP contribution in [-0.2, 0) is 6.54 Å². The molecule has 0 unspecified atom stereocenters. The third kappa shape index (κ3) is 3.04. The van der Waals surface area contributed by atoms with E-state index in [9.17, 15) is 4.79 Å². The normalized spacial score (nSPS) is 10.9. The maximum atomic E-state index is 12.5. The zero-order valence-corrected chi connectivity index (χ0v) is 14.5. The first-order valence-electron chi connectivity index (χ1n) is 8.03. The van der Waals surface area contributed by atoms with Crippen LogP contribution in [0.15, 0.2) is 60.9 Å². The molecule has 0 radical (unpaired) electrons. The predicted octanol–water partition coefficient (Wildman–Crippen LogP) is 4.43. The Hall–Kier alpha value is -2.99. The van der Waals surface area contributed by atoms with E-state index in [1.54, 1.807) is 28.4 Å². The van der Waals surface area contributed by atoms with Crippen LogP contribution in [0.25, 0.3) is 20.8 Å². The average Bonchev–Trinajstić information content (AvgIpc) is 3.29. The number of fused-ring (bicyclic) bond motifs is 1. The quantitative estimate of drug-likeness (QED) is 0.593. The van der Waals surface area contributed by atoms with E-state index in [-0.39, 0.29) is 5.91 Å². The van der Waals surface area contributed by atoms with Gasteiger partial charge in [-0.1, -0.05) is 24.3 Å². The summed E-state index contributed by atoms with van der Waals surface area (Å²) in [7, 11) is 0. The average molecular weight is 348 g/mol. The number of aromatic nitrogens is 3. The van der Waals surface area contributed by atoms with Gasteiger partial charge in [-0.2, -0.15) is 5.10 Å². The molecule has 2 aromatic carbocycles. The summed E-state index contributed by atoms with van der Waals surface area (Å²) in [5.41, 5.74) is 3.17. The molecule has 4 aromatic rings. The first kappa shape index (κ1) is 15.5. The van der Waals surface area contributed by atoms with E-state index in [1.165, 1.54) is 0 Å². The number of nitrogens with one attached hydrogen (secondary N) is 1. The van der Waals surface area contributed by atoms with Gasteiger partial charge in [0.1, 0.15) is 5.01 Å². The summed E-state index contributed by atoms with van der Waals surface area (Å²) in [6.07, 6.45) is 3.33. The Morgan fingerprint density at radius 2 is 1.96 bits per heavy atom. The van der Waals surface area contributed by atoms with E-state index in [2.05, 4.69) is 16.5 Å². The second-order valence-corrected chi connectivity index (χ2v) is 6.60. The second kappa shape index (κ2) is 6.49. The molecule has 25 heavy (non-hydrogen) atoms. The largest absolute Gasteiger partial charge is 0.321 e. The third-order valence-electron chi connectivity index (χ3n) is 3.92. The fourth-order valence-electron chi connectivity index (χ4n) is 2.61. The molecule has 4 rings (SSSR count). The maximum absolute atomic E-state index is 12.5. The fraction of sp³-hybridized carbons (Fsp3) is 0.105. The van der Waals surface area contributed by atoms with Gasteiger partial charge in [0.25, 0.3) is 5.91 Å². The van der Waals surface area contributed by atoms with Crippen molar-refractivity contribution in [3.05, 3.63) is 66.5 Å². The lowest BCUT2D eigenvalue weighted by atomic mass is 10.1. The molecule has 0 saturated heterocycles. The number of carbonyl (C=O) groups excluding carboxylic acids is 1. The van der Waals surface area contributed by atoms with Crippen LogP contribution in [0.1, 0.15) is 17.3 Å². The molecule has 1 N–H and O–H groups in total. The highest BCUT2D eigenvalue weighted by molar-refractivity contribution is 7.21. The monoisotopic (exact) mass is 348 g/mol. The minimum absolute atomic E-state index is 0.173. The summed E-state index contributed by atoms with van der Waals surface area (Å²) >= 11 is 1.62. The Labute approximate surface area is 149 Å². The lowest BCUT2D eigenvalue weighted by Gasteiger charge is -2.08. The number of aryl methyl sites for hydroxylation is 1. The van der Waals surface area contributed by atoms with Crippen molar-refractivity contribution in [1.29, 1.82) is 0 Å². The number of amides is 1. The Bertz CT molecular complexity index is 1020. The van der Waals surface area contributed by atoms with Crippen molar-refractivity contribution in [3.8, 4) is 10.6 Å². The van der Waals surface area contributed by atoms with Crippen LogP contribution in [0.4, 0.5) is 5.69 Å². The highest BCUT2D eigenvalue weighted by atomic mass is 32.1. The number of hydrogen-bond donors (Lipinski definition) is 1. The van der Waals surface area contributed by atoms with E-state index in [0.717, 1.165) is 33.0 Å². The van der Waals surface area contributed by atoms with Crippen LogP contribution >= 0.6 is 11.3 Å². The van der Waals surface area contributed by atoms with Gasteiger partial charge in [0.15, 0.2) is 0 Å². The number of nitrogens with zero attached hydrogens (tertiary/aromatic N) is 3. The third-order valence-corrected chi connectivity index (χ3v) is 4.99. The lowest BCUT2D eigenvalue weighted by molar-refractivity contribution is 0.102. The van der Waals surface area contributed by atoms with Crippen molar-refractivity contribution in [1.82, 2.24) is 14.8 Å². The molecule has 6 heteroatoms. The van der Waals surface area contributed by atoms with Gasteiger partial charge in [-0.3, -0.25) is 9.48 Å². The smallest absolute Gasteiger partial charge is 0.258 e. The number of anilines is 1. The zero-order chi connectivity index (χ0) is 17.2. The summed E-state index contributed by atoms with van der Waals surface area (Å²) in [4.78, 5) is 17.2. The molecule has 0 saturated carbocycles. The molecule has 1 amide bonds. The Morgan fingerprint density at radius 1 is 1.16 bits per heavy atom. The minimum Gasteiger partial charge on any atom is -0.321 e. The second-order valence-electron chi connectivity index (χ2n) is 5.57. The molecular weight excluding hydrogens is 332 g/mol. The number of thiazole rings is 1. The van der Waals surface area contributed by atoms with Gasteiger partial charge in [0.2, 0.25) is 0 Å². The van der Waals surface area contributed by atoms with Gasteiger partial charge in [-0.05, 0) is 31.2 Å². The van der Waals surface area contributed by atoms with Gasteiger partial charge >= 0.3 is 0 Å². The first-order valence-corrected chi connectivity index (χ1v) is 8.85. The van der Waals surface area contributed by atoms with Crippen molar-refractivity contribution >= 4 is 33.1 Å². The Kier molecular flexibility index (Phi) is 4.03. The topological polar surface area (TPSA) is 59.8 Å². The van der Waals surface area contributed by atoms with Gasteiger partial charge in [-0.25, -0.2) is 4.98 Å². The summed E-state index contributed by atoms with van der Waals surface area (Å²) in [6, 6.07) is 15.8. The summed E-state index contributed by atoms with van der Waals surface area (Å²) in [5.74, 6) is -0.173. The lowest BCUT2D eigenvalue weighted by Crippen LogP contribution is -2.11. The number of rotatable bonds is 4. The van der Waals surface area contributed by atoms with Crippen LogP contribution < -0.4 is 5.32 Å². The van der Waals surface area contributed by atoms with Crippen LogP contribution in [-0.4, -0.2) is 20.7 Å². The molecule has 0 fully saturated rings. The molecule has 2 heterocycles. The highest BCUT2D eigenvalue weighted by Gasteiger charge is 2.14. The van der Waals surface area contributed by atoms with Crippen molar-refractivity contribution in [3.63, 3.8) is 0 Å². The van der Waals surface area contributed by atoms with Crippen LogP contribution in [0, 0.1) is 0 Å². The molecule has 0 aliphatic heterocycles. The van der Waals surface area contributed by atoms with E-state index in [4.69, 9.17) is 4.98 Å². The van der Waals surface area contributed by atoms with Crippen LogP contribution in [0.5, 0.6) is 0 Å². The van der Waals surface area contributed by atoms with E-state index < -0.39 is 0 Å². The fourth-order valence-corrected chi connectivity index (χ4v) is 3.62. The number of carbonyl (C=O) groups is 1. The molecule has 0 spiro atoms. The summed E-state index contributed by atoms with van der Waals surface area (Å²) in [5, 5.41) is 8.02. The van der Waals surface area contributed by atoms with Crippen molar-refractivity contribution < 1.29 is 4.79 Å². The number of para-hydroxylation sites is 2. The molecule has 0 aliphatic rings. The van der Waals surface area contributed by atoms with Gasteiger partial charge in [0.05, 0.1) is 27.7 Å². The molecule has 0 bridgehead atoms. The predicted molar refractivity (Wildman–Crippen MR) is 101 cm³/mol. The highest BCUT2D eigenvalue weighted by Crippen LogP contribution is 2.34. The standard InChI is InChI=1S/C19H16N4OS/c1-2-23-12-13(11-20-23)18(24)21-15-8-4-3-7-14(15)19-22-16-9-5-6-10-17(16)25-19/h3-12H,2H2,1H3,(H,21,24). The van der Waals surface area contributed by atoms with Crippen molar-refractivity contribution in [2.75, 3.05) is 5.32 Å². The maximum Gasteiger partial charge on any atom is 0.258 e. The van der Waals surface area contributed by atoms with E-state index in [0.29, 0.717) is 5.56 Å². The van der Waals surface area contributed by atoms with Crippen molar-refractivity contribution in [2.24, 2.45) is 0 Å². The summed E-state index contributed by atoms with van der Waals surface area (Å²) < 4.78 is 2.86. The molecule has 0 aliphatic carbocycles. The summed E-state index contributed by atoms with van der Waals surface area (Å²) in [6.45, 7) is 2.71. The Morgan fingerprint density at radius 3 is 2.76 bits per heavy atom. The van der Waals surface area contributed by atoms with Crippen LogP contribution in [0.3, 0.4) is 0 Å². The number of benzene rings is 2. The first-order chi connectivity index (χ1) is 12.2. The van der Waals surface area contributed by atoms with Gasteiger partial charge in [0, 0.05) is 18.3 Å². The number of hydrogen-bond acceptors (Lipinski definition) is 4. The zero-order valence-electron chi connectivity index (χ0n) is 13.6. The molecule has 5 nitrogen and oxygen atoms in total. The van der Waals surface area contributed by atoms with E-state index >= 15 is 0 Å². The van der Waals surface area contributed by atoms with E-state index in [1.807, 2.05) is 49.4 Å². The van der Waals surface area contributed by atoms with Gasteiger partial charge < -0.3 is 5.32 Å². The molecular formula is C19H16N4OS.